The van der Waals surface area contributed by atoms with E-state index in [-0.39, 0.29) is 17.2 Å². The van der Waals surface area contributed by atoms with E-state index >= 15 is 0 Å². The molecule has 0 bridgehead atoms. The number of rotatable bonds is 10. The number of nitrogens with one attached hydrogen (secondary N) is 1. The molecule has 25 heavy (non-hydrogen) atoms. The Labute approximate surface area is 148 Å². The van der Waals surface area contributed by atoms with Gasteiger partial charge in [-0.25, -0.2) is 8.42 Å². The molecule has 1 aromatic rings. The molecule has 0 spiro atoms. The van der Waals surface area contributed by atoms with E-state index in [1.54, 1.807) is 26.0 Å². The minimum absolute atomic E-state index is 0.155. The third kappa shape index (κ3) is 7.55. The van der Waals surface area contributed by atoms with Crippen molar-refractivity contribution >= 4 is 21.7 Å². The van der Waals surface area contributed by atoms with Crippen molar-refractivity contribution in [2.24, 2.45) is 5.41 Å². The average molecular weight is 371 g/mol. The van der Waals surface area contributed by atoms with Crippen molar-refractivity contribution in [3.05, 3.63) is 24.3 Å². The van der Waals surface area contributed by atoms with Crippen molar-refractivity contribution in [3.8, 4) is 5.75 Å². The third-order valence-electron chi connectivity index (χ3n) is 3.72. The van der Waals surface area contributed by atoms with Crippen LogP contribution in [-0.4, -0.2) is 44.8 Å². The van der Waals surface area contributed by atoms with E-state index in [0.717, 1.165) is 6.26 Å². The normalized spacial score (nSPS) is 11.8. The summed E-state index contributed by atoms with van der Waals surface area (Å²) in [6.45, 7) is 3.87. The second kappa shape index (κ2) is 8.84. The van der Waals surface area contributed by atoms with Gasteiger partial charge in [-0.15, -0.1) is 0 Å². The molecule has 0 aliphatic heterocycles. The lowest BCUT2D eigenvalue weighted by atomic mass is 9.90. The van der Waals surface area contributed by atoms with E-state index in [4.69, 9.17) is 9.84 Å². The first-order valence-electron chi connectivity index (χ1n) is 7.95. The van der Waals surface area contributed by atoms with E-state index in [1.807, 2.05) is 0 Å². The fourth-order valence-corrected chi connectivity index (χ4v) is 2.55. The minimum atomic E-state index is -3.23. The Morgan fingerprint density at radius 1 is 1.20 bits per heavy atom. The molecule has 1 rings (SSSR count). The number of hydrogen-bond donors (Lipinski definition) is 2. The summed E-state index contributed by atoms with van der Waals surface area (Å²) < 4.78 is 28.2. The first-order valence-corrected chi connectivity index (χ1v) is 9.84. The monoisotopic (exact) mass is 371 g/mol. The van der Waals surface area contributed by atoms with Crippen LogP contribution in [0, 0.1) is 5.41 Å². The molecule has 0 aliphatic carbocycles. The van der Waals surface area contributed by atoms with Crippen molar-refractivity contribution < 1.29 is 27.9 Å². The van der Waals surface area contributed by atoms with Crippen LogP contribution in [0.4, 0.5) is 0 Å². The van der Waals surface area contributed by atoms with Gasteiger partial charge in [-0.05, 0) is 51.0 Å². The van der Waals surface area contributed by atoms with Gasteiger partial charge in [0.05, 0.1) is 16.9 Å². The average Bonchev–Trinajstić information content (AvgIpc) is 2.51. The first-order chi connectivity index (χ1) is 11.5. The van der Waals surface area contributed by atoms with Crippen LogP contribution >= 0.6 is 0 Å². The Morgan fingerprint density at radius 3 is 2.32 bits per heavy atom. The van der Waals surface area contributed by atoms with Crippen molar-refractivity contribution in [2.75, 3.05) is 19.4 Å². The number of carbonyl (C=O) groups excluding carboxylic acids is 1. The predicted octanol–water partition coefficient (Wildman–Crippen LogP) is 1.87. The lowest BCUT2D eigenvalue weighted by molar-refractivity contribution is -0.147. The molecular weight excluding hydrogens is 346 g/mol. The summed E-state index contributed by atoms with van der Waals surface area (Å²) >= 11 is 0. The van der Waals surface area contributed by atoms with Gasteiger partial charge in [-0.3, -0.25) is 9.59 Å². The van der Waals surface area contributed by atoms with Crippen molar-refractivity contribution in [3.63, 3.8) is 0 Å². The number of amides is 1. The summed E-state index contributed by atoms with van der Waals surface area (Å²) in [6.07, 6.45) is 2.27. The van der Waals surface area contributed by atoms with Gasteiger partial charge in [-0.1, -0.05) is 0 Å². The van der Waals surface area contributed by atoms with Crippen LogP contribution in [-0.2, 0) is 19.4 Å². The molecule has 1 amide bonds. The number of hydrogen-bond acceptors (Lipinski definition) is 5. The van der Waals surface area contributed by atoms with Crippen LogP contribution in [0.15, 0.2) is 29.2 Å². The Morgan fingerprint density at radius 2 is 1.80 bits per heavy atom. The highest BCUT2D eigenvalue weighted by Gasteiger charge is 2.26. The maximum Gasteiger partial charge on any atom is 0.309 e. The van der Waals surface area contributed by atoms with Crippen LogP contribution < -0.4 is 10.1 Å². The van der Waals surface area contributed by atoms with Crippen molar-refractivity contribution in [1.29, 1.82) is 0 Å². The Kier molecular flexibility index (Phi) is 7.41. The van der Waals surface area contributed by atoms with Crippen molar-refractivity contribution in [2.45, 2.75) is 38.0 Å². The Hall–Kier alpha value is -2.09. The van der Waals surface area contributed by atoms with E-state index in [2.05, 4.69) is 5.32 Å². The van der Waals surface area contributed by atoms with E-state index in [1.165, 1.54) is 12.1 Å². The van der Waals surface area contributed by atoms with Crippen LogP contribution in [0.3, 0.4) is 0 Å². The minimum Gasteiger partial charge on any atom is -0.494 e. The molecule has 0 fully saturated rings. The third-order valence-corrected chi connectivity index (χ3v) is 4.85. The molecule has 2 N–H and O–H groups in total. The van der Waals surface area contributed by atoms with Gasteiger partial charge in [0.15, 0.2) is 9.84 Å². The van der Waals surface area contributed by atoms with Gasteiger partial charge in [0.25, 0.3) is 0 Å². The second-order valence-corrected chi connectivity index (χ2v) is 8.50. The SMILES string of the molecule is CC(C)(CCNC(=O)CCCOc1ccc(S(C)(=O)=O)cc1)C(=O)O. The second-order valence-electron chi connectivity index (χ2n) is 6.48. The molecule has 0 saturated carbocycles. The molecule has 8 heteroatoms. The number of ether oxygens (including phenoxy) is 1. The summed E-state index contributed by atoms with van der Waals surface area (Å²) in [5, 5.41) is 11.7. The molecule has 140 valence electrons. The molecular formula is C17H25NO6S. The number of carboxylic acids is 1. The lowest BCUT2D eigenvalue weighted by Gasteiger charge is -2.18. The fourth-order valence-electron chi connectivity index (χ4n) is 1.92. The van der Waals surface area contributed by atoms with Gasteiger partial charge in [-0.2, -0.15) is 0 Å². The largest absolute Gasteiger partial charge is 0.494 e. The molecule has 0 atom stereocenters. The molecule has 0 aromatic heterocycles. The lowest BCUT2D eigenvalue weighted by Crippen LogP contribution is -2.31. The number of sulfone groups is 1. The zero-order valence-corrected chi connectivity index (χ0v) is 15.6. The van der Waals surface area contributed by atoms with Gasteiger partial charge in [0.1, 0.15) is 5.75 Å². The quantitative estimate of drug-likeness (QED) is 0.608. The summed E-state index contributed by atoms with van der Waals surface area (Å²) in [5.74, 6) is -0.509. The van der Waals surface area contributed by atoms with Gasteiger partial charge in [0.2, 0.25) is 5.91 Å². The molecule has 0 saturated heterocycles. The van der Waals surface area contributed by atoms with Gasteiger partial charge >= 0.3 is 5.97 Å². The first kappa shape index (κ1) is 21.0. The molecule has 1 aromatic carbocycles. The number of benzene rings is 1. The summed E-state index contributed by atoms with van der Waals surface area (Å²) in [6, 6.07) is 6.10. The fraction of sp³-hybridized carbons (Fsp3) is 0.529. The zero-order valence-electron chi connectivity index (χ0n) is 14.7. The van der Waals surface area contributed by atoms with Gasteiger partial charge in [0, 0.05) is 19.2 Å². The summed E-state index contributed by atoms with van der Waals surface area (Å²) in [4.78, 5) is 22.9. The standard InChI is InChI=1S/C17H25NO6S/c1-17(2,16(20)21)10-11-18-15(19)5-4-12-24-13-6-8-14(9-7-13)25(3,22)23/h6-9H,4-5,10-12H2,1-3H3,(H,18,19)(H,20,21). The number of aliphatic carboxylic acids is 1. The highest BCUT2D eigenvalue weighted by atomic mass is 32.2. The summed E-state index contributed by atoms with van der Waals surface area (Å²) in [7, 11) is -3.23. The van der Waals surface area contributed by atoms with E-state index in [0.29, 0.717) is 31.7 Å². The number of carbonyl (C=O) groups is 2. The smallest absolute Gasteiger partial charge is 0.309 e. The highest BCUT2D eigenvalue weighted by molar-refractivity contribution is 7.90. The molecule has 0 unspecified atom stereocenters. The van der Waals surface area contributed by atoms with E-state index in [9.17, 15) is 18.0 Å². The molecule has 0 aliphatic rings. The van der Waals surface area contributed by atoms with Crippen molar-refractivity contribution in [1.82, 2.24) is 5.32 Å². The molecule has 7 nitrogen and oxygen atoms in total. The van der Waals surface area contributed by atoms with E-state index < -0.39 is 21.2 Å². The van der Waals surface area contributed by atoms with Gasteiger partial charge < -0.3 is 15.2 Å². The maximum absolute atomic E-state index is 11.7. The van der Waals surface area contributed by atoms with Crippen LogP contribution in [0.1, 0.15) is 33.1 Å². The van der Waals surface area contributed by atoms with Crippen LogP contribution in [0.25, 0.3) is 0 Å². The predicted molar refractivity (Wildman–Crippen MR) is 93.3 cm³/mol. The summed E-state index contributed by atoms with van der Waals surface area (Å²) in [5.41, 5.74) is -0.867. The molecule has 0 heterocycles. The Balaban J connectivity index is 2.25. The highest BCUT2D eigenvalue weighted by Crippen LogP contribution is 2.19. The van der Waals surface area contributed by atoms with Crippen LogP contribution in [0.5, 0.6) is 5.75 Å². The maximum atomic E-state index is 11.7. The van der Waals surface area contributed by atoms with Crippen LogP contribution in [0.2, 0.25) is 0 Å². The topological polar surface area (TPSA) is 110 Å². The number of carboxylic acid groups (broad SMARTS) is 1. The molecule has 0 radical (unpaired) electrons. The Bertz CT molecular complexity index is 694. The zero-order chi connectivity index (χ0) is 19.1.